The number of hydrogen-bond acceptors (Lipinski definition) is 3. The van der Waals surface area contributed by atoms with Gasteiger partial charge in [0, 0.05) is 6.92 Å². The molecular formula is C18H24BF3O3. The van der Waals surface area contributed by atoms with Crippen LogP contribution < -0.4 is 4.74 Å². The summed E-state index contributed by atoms with van der Waals surface area (Å²) in [6.07, 6.45) is 0. The largest absolute Gasteiger partial charge is 0.525 e. The Morgan fingerprint density at radius 3 is 2.00 bits per heavy atom. The summed E-state index contributed by atoms with van der Waals surface area (Å²) in [7, 11) is -1.07. The molecule has 1 saturated heterocycles. The minimum Gasteiger partial charge on any atom is -0.487 e. The predicted octanol–water partition coefficient (Wildman–Crippen LogP) is 5.05. The molecular weight excluding hydrogens is 332 g/mol. The van der Waals surface area contributed by atoms with E-state index in [0.717, 1.165) is 6.92 Å². The maximum atomic E-state index is 14.8. The smallest absolute Gasteiger partial charge is 0.487 e. The number of allylic oxidation sites excluding steroid dienone is 1. The van der Waals surface area contributed by atoms with E-state index in [-0.39, 0.29) is 0 Å². The molecule has 0 atom stereocenters. The Labute approximate surface area is 147 Å². The summed E-state index contributed by atoms with van der Waals surface area (Å²) in [4.78, 5) is 0. The van der Waals surface area contributed by atoms with Crippen molar-refractivity contribution in [1.82, 2.24) is 0 Å². The lowest BCUT2D eigenvalue weighted by Gasteiger charge is -2.32. The van der Waals surface area contributed by atoms with Crippen LogP contribution in [0.25, 0.3) is 5.57 Å². The highest BCUT2D eigenvalue weighted by Crippen LogP contribution is 2.40. The fraction of sp³-hybridized carbons (Fsp3) is 0.556. The maximum absolute atomic E-state index is 14.8. The van der Waals surface area contributed by atoms with Crippen LogP contribution in [0.15, 0.2) is 30.0 Å². The van der Waals surface area contributed by atoms with Gasteiger partial charge in [0.2, 0.25) is 0 Å². The molecule has 1 aromatic rings. The average Bonchev–Trinajstić information content (AvgIpc) is 2.72. The van der Waals surface area contributed by atoms with Crippen LogP contribution in [-0.2, 0) is 9.31 Å². The van der Waals surface area contributed by atoms with Gasteiger partial charge in [0.1, 0.15) is 11.5 Å². The Morgan fingerprint density at radius 1 is 1.08 bits per heavy atom. The van der Waals surface area contributed by atoms with Crippen LogP contribution in [0.1, 0.15) is 47.1 Å². The van der Waals surface area contributed by atoms with Crippen molar-refractivity contribution in [3.63, 3.8) is 0 Å². The normalized spacial score (nSPS) is 20.4. The van der Waals surface area contributed by atoms with E-state index in [1.807, 2.05) is 27.7 Å². The molecule has 0 N–H and O–H groups in total. The fourth-order valence-corrected chi connectivity index (χ4v) is 2.27. The molecule has 1 heterocycles. The van der Waals surface area contributed by atoms with Gasteiger partial charge >= 0.3 is 7.12 Å². The standard InChI is InChI=1S/C18H24BF3O3/c1-12(15(20)19-24-16(2,3)17(4,5)25-19)13-7-9-14(10-8-13)23-11-18(6,21)22/h7-10H,11H2,1-6H3. The van der Waals surface area contributed by atoms with Crippen molar-refractivity contribution in [3.05, 3.63) is 35.6 Å². The molecule has 25 heavy (non-hydrogen) atoms. The number of ether oxygens (including phenoxy) is 1. The Balaban J connectivity index is 2.14. The average molecular weight is 356 g/mol. The van der Waals surface area contributed by atoms with Gasteiger partial charge in [-0.15, -0.1) is 0 Å². The van der Waals surface area contributed by atoms with E-state index in [0.29, 0.717) is 16.9 Å². The molecule has 3 nitrogen and oxygen atoms in total. The fourth-order valence-electron chi connectivity index (χ4n) is 2.27. The molecule has 2 rings (SSSR count). The van der Waals surface area contributed by atoms with Gasteiger partial charge < -0.3 is 14.0 Å². The van der Waals surface area contributed by atoms with Crippen molar-refractivity contribution >= 4 is 12.7 Å². The molecule has 1 aliphatic rings. The van der Waals surface area contributed by atoms with Crippen LogP contribution >= 0.6 is 0 Å². The molecule has 0 spiro atoms. The molecule has 0 radical (unpaired) electrons. The topological polar surface area (TPSA) is 27.7 Å². The number of alkyl halides is 2. The van der Waals surface area contributed by atoms with Gasteiger partial charge in [-0.1, -0.05) is 12.1 Å². The first-order chi connectivity index (χ1) is 11.3. The quantitative estimate of drug-likeness (QED) is 0.691. The van der Waals surface area contributed by atoms with Gasteiger partial charge in [-0.25, -0.2) is 13.2 Å². The zero-order valence-corrected chi connectivity index (χ0v) is 15.5. The van der Waals surface area contributed by atoms with Crippen molar-refractivity contribution in [2.45, 2.75) is 58.7 Å². The molecule has 0 unspecified atom stereocenters. The number of benzene rings is 1. The highest BCUT2D eigenvalue weighted by atomic mass is 19.3. The first-order valence-electron chi connectivity index (χ1n) is 8.15. The lowest BCUT2D eigenvalue weighted by Crippen LogP contribution is -2.41. The summed E-state index contributed by atoms with van der Waals surface area (Å²) in [5.41, 5.74) is -0.794. The van der Waals surface area contributed by atoms with E-state index in [1.165, 1.54) is 12.1 Å². The summed E-state index contributed by atoms with van der Waals surface area (Å²) >= 11 is 0. The summed E-state index contributed by atoms with van der Waals surface area (Å²) in [5, 5.41) is 0. The Morgan fingerprint density at radius 2 is 1.56 bits per heavy atom. The second-order valence-electron chi connectivity index (χ2n) is 7.44. The molecule has 7 heteroatoms. The zero-order valence-electron chi connectivity index (χ0n) is 15.5. The third-order valence-electron chi connectivity index (χ3n) is 4.60. The third kappa shape index (κ3) is 4.58. The van der Waals surface area contributed by atoms with E-state index in [9.17, 15) is 13.2 Å². The molecule has 0 aliphatic carbocycles. The van der Waals surface area contributed by atoms with Crippen LogP contribution in [0.4, 0.5) is 13.2 Å². The molecule has 138 valence electrons. The first-order valence-corrected chi connectivity index (χ1v) is 8.15. The highest BCUT2D eigenvalue weighted by molar-refractivity contribution is 6.55. The minimum absolute atomic E-state index is 0.300. The van der Waals surface area contributed by atoms with E-state index < -0.39 is 36.6 Å². The molecule has 0 aromatic heterocycles. The lowest BCUT2D eigenvalue weighted by molar-refractivity contribution is -0.0229. The number of halogens is 3. The van der Waals surface area contributed by atoms with Crippen LogP contribution in [-0.4, -0.2) is 30.8 Å². The monoisotopic (exact) mass is 356 g/mol. The first kappa shape index (κ1) is 19.9. The molecule has 1 aliphatic heterocycles. The van der Waals surface area contributed by atoms with E-state index >= 15 is 0 Å². The minimum atomic E-state index is -2.91. The number of rotatable bonds is 5. The van der Waals surface area contributed by atoms with Gasteiger partial charge in [-0.2, -0.15) is 0 Å². The Kier molecular flexibility index (Phi) is 5.31. The van der Waals surface area contributed by atoms with Crippen LogP contribution in [0, 0.1) is 0 Å². The summed E-state index contributed by atoms with van der Waals surface area (Å²) in [6, 6.07) is 6.29. The summed E-state index contributed by atoms with van der Waals surface area (Å²) in [5.74, 6) is -2.61. The van der Waals surface area contributed by atoms with Gasteiger partial charge in [0.15, 0.2) is 6.61 Å². The van der Waals surface area contributed by atoms with Gasteiger partial charge in [0.25, 0.3) is 5.92 Å². The molecule has 1 aromatic carbocycles. The van der Waals surface area contributed by atoms with Crippen LogP contribution in [0.3, 0.4) is 0 Å². The molecule has 0 saturated carbocycles. The van der Waals surface area contributed by atoms with Crippen molar-refractivity contribution in [1.29, 1.82) is 0 Å². The highest BCUT2D eigenvalue weighted by Gasteiger charge is 2.53. The van der Waals surface area contributed by atoms with Gasteiger partial charge in [0.05, 0.1) is 11.2 Å². The molecule has 0 amide bonds. The van der Waals surface area contributed by atoms with Crippen molar-refractivity contribution in [2.75, 3.05) is 6.61 Å². The Bertz CT molecular complexity index is 633. The van der Waals surface area contributed by atoms with Crippen LogP contribution in [0.2, 0.25) is 0 Å². The summed E-state index contributed by atoms with van der Waals surface area (Å²) < 4.78 is 56.8. The van der Waals surface area contributed by atoms with Crippen molar-refractivity contribution in [3.8, 4) is 5.75 Å². The van der Waals surface area contributed by atoms with Crippen molar-refractivity contribution < 1.29 is 27.2 Å². The summed E-state index contributed by atoms with van der Waals surface area (Å²) in [6.45, 7) is 9.11. The lowest BCUT2D eigenvalue weighted by atomic mass is 9.83. The van der Waals surface area contributed by atoms with Gasteiger partial charge in [-0.3, -0.25) is 0 Å². The molecule has 0 bridgehead atoms. The second kappa shape index (κ2) is 6.69. The van der Waals surface area contributed by atoms with E-state index in [4.69, 9.17) is 14.0 Å². The maximum Gasteiger partial charge on any atom is 0.525 e. The van der Waals surface area contributed by atoms with Crippen LogP contribution in [0.5, 0.6) is 5.75 Å². The van der Waals surface area contributed by atoms with E-state index in [1.54, 1.807) is 19.1 Å². The third-order valence-corrected chi connectivity index (χ3v) is 4.60. The molecule has 1 fully saturated rings. The van der Waals surface area contributed by atoms with E-state index in [2.05, 4.69) is 0 Å². The zero-order chi connectivity index (χ0) is 19.0. The number of hydrogen-bond donors (Lipinski definition) is 0. The second-order valence-corrected chi connectivity index (χ2v) is 7.44. The predicted molar refractivity (Wildman–Crippen MR) is 92.3 cm³/mol. The van der Waals surface area contributed by atoms with Gasteiger partial charge in [-0.05, 0) is 57.9 Å². The van der Waals surface area contributed by atoms with Crippen molar-refractivity contribution in [2.24, 2.45) is 0 Å². The SMILES string of the molecule is CC(=C(F)B1OC(C)(C)C(C)(C)O1)c1ccc(OCC(C)(F)F)cc1. The Hall–Kier alpha value is -1.47.